The summed E-state index contributed by atoms with van der Waals surface area (Å²) in [7, 11) is 0. The summed E-state index contributed by atoms with van der Waals surface area (Å²) in [5, 5.41) is 7.66. The summed E-state index contributed by atoms with van der Waals surface area (Å²) in [6.45, 7) is 0. The minimum atomic E-state index is -0.274. The molecule has 5 rings (SSSR count). The summed E-state index contributed by atoms with van der Waals surface area (Å²) in [6.07, 6.45) is 2.15. The monoisotopic (exact) mass is 428 g/mol. The van der Waals surface area contributed by atoms with Crippen LogP contribution in [0, 0.1) is 0 Å². The third kappa shape index (κ3) is 3.75. The van der Waals surface area contributed by atoms with E-state index >= 15 is 0 Å². The van der Waals surface area contributed by atoms with Crippen molar-refractivity contribution in [3.63, 3.8) is 0 Å². The van der Waals surface area contributed by atoms with E-state index < -0.39 is 0 Å². The maximum Gasteiger partial charge on any atom is 0.193 e. The molecule has 0 saturated carbocycles. The third-order valence-electron chi connectivity index (χ3n) is 5.85. The van der Waals surface area contributed by atoms with E-state index in [9.17, 15) is 9.59 Å². The Bertz CT molecular complexity index is 1200. The van der Waals surface area contributed by atoms with E-state index in [-0.39, 0.29) is 17.6 Å². The predicted molar refractivity (Wildman–Crippen MR) is 124 cm³/mol. The lowest BCUT2D eigenvalue weighted by Crippen LogP contribution is -2.23. The number of carbonyl (C=O) groups is 2. The molecular weight excluding hydrogens is 408 g/mol. The first-order chi connectivity index (χ1) is 15.1. The topological polar surface area (TPSA) is 58.2 Å². The lowest BCUT2D eigenvalue weighted by atomic mass is 9.87. The number of rotatable bonds is 3. The summed E-state index contributed by atoms with van der Waals surface area (Å²) in [4.78, 5) is 25.9. The molecule has 0 radical (unpaired) electrons. The van der Waals surface area contributed by atoms with Crippen LogP contribution in [0.25, 0.3) is 0 Å². The lowest BCUT2D eigenvalue weighted by molar-refractivity contribution is -0.116. The second-order valence-corrected chi connectivity index (χ2v) is 8.31. The van der Waals surface area contributed by atoms with Gasteiger partial charge in [-0.3, -0.25) is 9.59 Å². The highest BCUT2D eigenvalue weighted by molar-refractivity contribution is 6.30. The number of ketones is 2. The molecule has 0 saturated heterocycles. The average molecular weight is 429 g/mol. The van der Waals surface area contributed by atoms with Crippen LogP contribution in [0.15, 0.2) is 84.1 Å². The molecule has 31 heavy (non-hydrogen) atoms. The highest BCUT2D eigenvalue weighted by Crippen LogP contribution is 2.41. The molecule has 3 aromatic rings. The minimum absolute atomic E-state index is 0.0300. The van der Waals surface area contributed by atoms with E-state index in [1.54, 1.807) is 0 Å². The Morgan fingerprint density at radius 3 is 2.42 bits per heavy atom. The van der Waals surface area contributed by atoms with E-state index in [0.29, 0.717) is 22.6 Å². The van der Waals surface area contributed by atoms with Crippen molar-refractivity contribution in [1.82, 2.24) is 0 Å². The SMILES string of the molecule is O=C1CCCC2=C1[C@H](c1ccc(Cl)cc1)Nc1ccc(C(=O)c3ccccc3)cc1N2. The quantitative estimate of drug-likeness (QED) is 0.491. The lowest BCUT2D eigenvalue weighted by Gasteiger charge is -2.25. The molecule has 0 amide bonds. The summed E-state index contributed by atoms with van der Waals surface area (Å²) in [5.74, 6) is 0.118. The number of halogens is 1. The van der Waals surface area contributed by atoms with Crippen LogP contribution in [0.4, 0.5) is 11.4 Å². The van der Waals surface area contributed by atoms with Gasteiger partial charge in [0.15, 0.2) is 11.6 Å². The van der Waals surface area contributed by atoms with Crippen molar-refractivity contribution in [2.75, 3.05) is 10.6 Å². The molecule has 0 fully saturated rings. The van der Waals surface area contributed by atoms with Crippen LogP contribution in [0.1, 0.15) is 46.8 Å². The number of anilines is 2. The molecule has 2 N–H and O–H groups in total. The van der Waals surface area contributed by atoms with Crippen molar-refractivity contribution in [1.29, 1.82) is 0 Å². The number of fused-ring (bicyclic) bond motifs is 1. The molecule has 1 heterocycles. The highest BCUT2D eigenvalue weighted by Gasteiger charge is 2.32. The van der Waals surface area contributed by atoms with Crippen LogP contribution in [0.5, 0.6) is 0 Å². The second-order valence-electron chi connectivity index (χ2n) is 7.88. The van der Waals surface area contributed by atoms with Gasteiger partial charge in [0, 0.05) is 33.8 Å². The van der Waals surface area contributed by atoms with Gasteiger partial charge in [-0.1, -0.05) is 54.1 Å². The maximum atomic E-state index is 12.9. The molecule has 0 spiro atoms. The standard InChI is InChI=1S/C26H21ClN2O2/c27-19-12-9-16(10-13-19)25-24-21(7-4-8-23(24)30)28-22-15-18(11-14-20(22)29-25)26(31)17-5-2-1-3-6-17/h1-3,5-6,9-15,25,28-29H,4,7-8H2/t25-/m0/s1. The summed E-state index contributed by atoms with van der Waals surface area (Å²) in [6, 6.07) is 22.1. The molecule has 0 unspecified atom stereocenters. The van der Waals surface area contributed by atoms with Crippen molar-refractivity contribution in [3.05, 3.63) is 106 Å². The fourth-order valence-electron chi connectivity index (χ4n) is 4.29. The Kier molecular flexibility index (Phi) is 5.08. The van der Waals surface area contributed by atoms with Crippen molar-refractivity contribution in [2.24, 2.45) is 0 Å². The van der Waals surface area contributed by atoms with E-state index in [1.165, 1.54) is 0 Å². The largest absolute Gasteiger partial charge is 0.372 e. The molecule has 1 aliphatic heterocycles. The molecule has 1 aliphatic carbocycles. The van der Waals surface area contributed by atoms with Gasteiger partial charge >= 0.3 is 0 Å². The second kappa shape index (κ2) is 8.05. The van der Waals surface area contributed by atoms with Crippen molar-refractivity contribution in [3.8, 4) is 0 Å². The smallest absolute Gasteiger partial charge is 0.193 e. The van der Waals surface area contributed by atoms with Gasteiger partial charge in [0.25, 0.3) is 0 Å². The number of hydrogen-bond acceptors (Lipinski definition) is 4. The molecule has 2 aliphatic rings. The zero-order valence-electron chi connectivity index (χ0n) is 16.8. The van der Waals surface area contributed by atoms with Gasteiger partial charge in [-0.25, -0.2) is 0 Å². The molecule has 0 aromatic heterocycles. The van der Waals surface area contributed by atoms with Crippen molar-refractivity contribution >= 4 is 34.5 Å². The van der Waals surface area contributed by atoms with Gasteiger partial charge in [0.1, 0.15) is 0 Å². The number of hydrogen-bond donors (Lipinski definition) is 2. The van der Waals surface area contributed by atoms with E-state index in [0.717, 1.165) is 41.1 Å². The van der Waals surface area contributed by atoms with Gasteiger partial charge in [0.05, 0.1) is 17.4 Å². The minimum Gasteiger partial charge on any atom is -0.372 e. The zero-order valence-corrected chi connectivity index (χ0v) is 17.6. The van der Waals surface area contributed by atoms with Crippen LogP contribution in [-0.2, 0) is 4.79 Å². The Hall–Kier alpha value is -3.37. The molecule has 0 bridgehead atoms. The number of nitrogens with one attached hydrogen (secondary N) is 2. The summed E-state index contributed by atoms with van der Waals surface area (Å²) >= 11 is 6.08. The highest BCUT2D eigenvalue weighted by atomic mass is 35.5. The Balaban J connectivity index is 1.58. The van der Waals surface area contributed by atoms with Crippen molar-refractivity contribution in [2.45, 2.75) is 25.3 Å². The van der Waals surface area contributed by atoms with Crippen molar-refractivity contribution < 1.29 is 9.59 Å². The van der Waals surface area contributed by atoms with Crippen LogP contribution in [0.3, 0.4) is 0 Å². The molecule has 1 atom stereocenters. The number of Topliss-reactive ketones (excluding diaryl/α,β-unsaturated/α-hetero) is 1. The van der Waals surface area contributed by atoms with Gasteiger partial charge < -0.3 is 10.6 Å². The van der Waals surface area contributed by atoms with Crippen LogP contribution < -0.4 is 10.6 Å². The first-order valence-corrected chi connectivity index (χ1v) is 10.8. The van der Waals surface area contributed by atoms with Crippen LogP contribution in [0.2, 0.25) is 5.02 Å². The van der Waals surface area contributed by atoms with E-state index in [1.807, 2.05) is 72.8 Å². The van der Waals surface area contributed by atoms with Gasteiger partial charge in [-0.2, -0.15) is 0 Å². The number of carbonyl (C=O) groups excluding carboxylic acids is 2. The third-order valence-corrected chi connectivity index (χ3v) is 6.10. The molecular formula is C26H21ClN2O2. The Morgan fingerprint density at radius 1 is 0.871 bits per heavy atom. The van der Waals surface area contributed by atoms with Gasteiger partial charge in [-0.15, -0.1) is 0 Å². The normalized spacial score (nSPS) is 17.7. The van der Waals surface area contributed by atoms with Crippen LogP contribution >= 0.6 is 11.6 Å². The molecule has 154 valence electrons. The summed E-state index contributed by atoms with van der Waals surface area (Å²) < 4.78 is 0. The first kappa shape index (κ1) is 19.6. The molecule has 3 aromatic carbocycles. The zero-order chi connectivity index (χ0) is 21.4. The maximum absolute atomic E-state index is 12.9. The molecule has 4 nitrogen and oxygen atoms in total. The fraction of sp³-hybridized carbons (Fsp3) is 0.154. The fourth-order valence-corrected chi connectivity index (χ4v) is 4.42. The van der Waals surface area contributed by atoms with Gasteiger partial charge in [0.2, 0.25) is 0 Å². The Morgan fingerprint density at radius 2 is 1.65 bits per heavy atom. The van der Waals surface area contributed by atoms with Gasteiger partial charge in [-0.05, 0) is 48.7 Å². The Labute approximate surface area is 185 Å². The average Bonchev–Trinajstić information content (AvgIpc) is 2.96. The summed E-state index contributed by atoms with van der Waals surface area (Å²) in [5.41, 5.74) is 5.58. The van der Waals surface area contributed by atoms with E-state index in [2.05, 4.69) is 10.6 Å². The van der Waals surface area contributed by atoms with E-state index in [4.69, 9.17) is 11.6 Å². The number of benzene rings is 3. The van der Waals surface area contributed by atoms with Crippen LogP contribution in [-0.4, -0.2) is 11.6 Å². The molecule has 5 heteroatoms. The number of allylic oxidation sites excluding steroid dienone is 1. The predicted octanol–water partition coefficient (Wildman–Crippen LogP) is 6.16. The first-order valence-electron chi connectivity index (χ1n) is 10.4.